The highest BCUT2D eigenvalue weighted by molar-refractivity contribution is 5.43. The van der Waals surface area contributed by atoms with Gasteiger partial charge in [0.25, 0.3) is 0 Å². The van der Waals surface area contributed by atoms with Crippen molar-refractivity contribution in [1.82, 2.24) is 10.6 Å². The minimum atomic E-state index is -0.554. The summed E-state index contributed by atoms with van der Waals surface area (Å²) in [4.78, 5) is 0. The van der Waals surface area contributed by atoms with Gasteiger partial charge in [0.05, 0.1) is 11.2 Å². The Labute approximate surface area is 110 Å². The van der Waals surface area contributed by atoms with Crippen LogP contribution in [0.2, 0.25) is 0 Å². The van der Waals surface area contributed by atoms with Gasteiger partial charge in [-0.3, -0.25) is 0 Å². The van der Waals surface area contributed by atoms with E-state index in [9.17, 15) is 5.11 Å². The molecular formula is C15H26N2O. The van der Waals surface area contributed by atoms with E-state index in [-0.39, 0.29) is 16.4 Å². The third-order valence-electron chi connectivity index (χ3n) is 4.47. The van der Waals surface area contributed by atoms with Gasteiger partial charge in [0.15, 0.2) is 0 Å². The van der Waals surface area contributed by atoms with Crippen LogP contribution in [0.25, 0.3) is 0 Å². The molecule has 0 spiro atoms. The Balaban J connectivity index is 2.46. The van der Waals surface area contributed by atoms with E-state index in [0.717, 1.165) is 12.1 Å². The molecule has 0 aliphatic carbocycles. The van der Waals surface area contributed by atoms with Gasteiger partial charge in [-0.15, -0.1) is 0 Å². The van der Waals surface area contributed by atoms with Gasteiger partial charge in [0.1, 0.15) is 6.23 Å². The van der Waals surface area contributed by atoms with Crippen LogP contribution in [0, 0.1) is 10.8 Å². The zero-order valence-electron chi connectivity index (χ0n) is 12.4. The fourth-order valence-corrected chi connectivity index (χ4v) is 3.45. The largest absolute Gasteiger partial charge is 0.377 e. The zero-order valence-corrected chi connectivity index (χ0v) is 12.4. The smallest absolute Gasteiger partial charge is 0.144 e. The molecule has 0 aromatic carbocycles. The number of nitrogens with one attached hydrogen (secondary N) is 2. The van der Waals surface area contributed by atoms with Crippen LogP contribution in [0.3, 0.4) is 0 Å². The third kappa shape index (κ3) is 1.85. The van der Waals surface area contributed by atoms with Crippen molar-refractivity contribution in [3.63, 3.8) is 0 Å². The van der Waals surface area contributed by atoms with Crippen LogP contribution >= 0.6 is 0 Å². The van der Waals surface area contributed by atoms with Gasteiger partial charge in [-0.1, -0.05) is 41.5 Å². The van der Waals surface area contributed by atoms with Crippen molar-refractivity contribution >= 4 is 0 Å². The maximum Gasteiger partial charge on any atom is 0.144 e. The van der Waals surface area contributed by atoms with Crippen molar-refractivity contribution in [3.05, 3.63) is 23.5 Å². The van der Waals surface area contributed by atoms with Crippen molar-refractivity contribution in [1.29, 1.82) is 0 Å². The first kappa shape index (κ1) is 13.5. The summed E-state index contributed by atoms with van der Waals surface area (Å²) < 4.78 is 0. The lowest BCUT2D eigenvalue weighted by Gasteiger charge is -2.51. The standard InChI is InChI=1S/C15H26N2O/c1-13(2,3)15(14(4,5)6)8-10-7-12(18)16-9-11(10)17-15/h7,9,12,16-18H,8H2,1-6H3. The molecule has 0 bridgehead atoms. The molecule has 3 N–H and O–H groups in total. The molecule has 3 heteroatoms. The molecule has 0 amide bonds. The SMILES string of the molecule is CC(C)(C)C1(C(C)(C)C)CC2=CC(O)NC=C2N1. The summed E-state index contributed by atoms with van der Waals surface area (Å²) in [6, 6.07) is 0. The van der Waals surface area contributed by atoms with Gasteiger partial charge in [-0.25, -0.2) is 0 Å². The minimum absolute atomic E-state index is 0.00338. The first-order chi connectivity index (χ1) is 8.07. The second kappa shape index (κ2) is 3.77. The molecule has 0 aromatic heterocycles. The van der Waals surface area contributed by atoms with E-state index in [1.54, 1.807) is 0 Å². The van der Waals surface area contributed by atoms with E-state index in [2.05, 4.69) is 52.2 Å². The molecule has 18 heavy (non-hydrogen) atoms. The molecule has 0 saturated carbocycles. The Morgan fingerprint density at radius 3 is 2.22 bits per heavy atom. The highest BCUT2D eigenvalue weighted by Gasteiger charge is 2.54. The van der Waals surface area contributed by atoms with E-state index in [0.29, 0.717) is 0 Å². The molecule has 2 aliphatic heterocycles. The van der Waals surface area contributed by atoms with Crippen LogP contribution in [-0.4, -0.2) is 16.9 Å². The number of dihydropyridines is 1. The van der Waals surface area contributed by atoms with Crippen LogP contribution in [0.4, 0.5) is 0 Å². The average molecular weight is 250 g/mol. The monoisotopic (exact) mass is 250 g/mol. The van der Waals surface area contributed by atoms with E-state index in [1.165, 1.54) is 5.57 Å². The van der Waals surface area contributed by atoms with Crippen LogP contribution in [0.5, 0.6) is 0 Å². The number of hydrogen-bond donors (Lipinski definition) is 3. The summed E-state index contributed by atoms with van der Waals surface area (Å²) in [7, 11) is 0. The second-order valence-electron chi connectivity index (χ2n) is 7.57. The maximum absolute atomic E-state index is 9.67. The number of hydrogen-bond acceptors (Lipinski definition) is 3. The first-order valence-electron chi connectivity index (χ1n) is 6.70. The lowest BCUT2D eigenvalue weighted by Crippen LogP contribution is -2.59. The molecule has 0 radical (unpaired) electrons. The Morgan fingerprint density at radius 1 is 1.17 bits per heavy atom. The number of aliphatic hydroxyl groups is 1. The maximum atomic E-state index is 9.67. The van der Waals surface area contributed by atoms with Crippen molar-refractivity contribution in [2.24, 2.45) is 10.8 Å². The minimum Gasteiger partial charge on any atom is -0.377 e. The Morgan fingerprint density at radius 2 is 1.72 bits per heavy atom. The lowest BCUT2D eigenvalue weighted by molar-refractivity contribution is 0.0454. The summed E-state index contributed by atoms with van der Waals surface area (Å²) in [6.45, 7) is 13.7. The van der Waals surface area contributed by atoms with E-state index < -0.39 is 6.23 Å². The molecular weight excluding hydrogens is 224 g/mol. The lowest BCUT2D eigenvalue weighted by atomic mass is 9.59. The molecule has 0 aromatic rings. The number of aliphatic hydroxyl groups excluding tert-OH is 1. The van der Waals surface area contributed by atoms with Crippen LogP contribution < -0.4 is 10.6 Å². The quantitative estimate of drug-likeness (QED) is 0.619. The fraction of sp³-hybridized carbons (Fsp3) is 0.733. The molecule has 1 saturated heterocycles. The van der Waals surface area contributed by atoms with Crippen LogP contribution in [0.15, 0.2) is 23.5 Å². The summed E-state index contributed by atoms with van der Waals surface area (Å²) in [5, 5.41) is 16.3. The third-order valence-corrected chi connectivity index (χ3v) is 4.47. The molecule has 2 aliphatic rings. The number of rotatable bonds is 0. The Hall–Kier alpha value is -0.960. The predicted molar refractivity (Wildman–Crippen MR) is 74.7 cm³/mol. The van der Waals surface area contributed by atoms with Crippen molar-refractivity contribution < 1.29 is 5.11 Å². The second-order valence-corrected chi connectivity index (χ2v) is 7.57. The summed E-state index contributed by atoms with van der Waals surface area (Å²) in [5.41, 5.74) is 2.63. The first-order valence-corrected chi connectivity index (χ1v) is 6.70. The summed E-state index contributed by atoms with van der Waals surface area (Å²) >= 11 is 0. The van der Waals surface area contributed by atoms with Gasteiger partial charge < -0.3 is 15.7 Å². The van der Waals surface area contributed by atoms with Gasteiger partial charge in [0, 0.05) is 6.20 Å². The van der Waals surface area contributed by atoms with Gasteiger partial charge in [0.2, 0.25) is 0 Å². The molecule has 2 rings (SSSR count). The summed E-state index contributed by atoms with van der Waals surface area (Å²) in [6.07, 6.45) is 4.23. The highest BCUT2D eigenvalue weighted by atomic mass is 16.3. The van der Waals surface area contributed by atoms with E-state index in [4.69, 9.17) is 0 Å². The van der Waals surface area contributed by atoms with Crippen molar-refractivity contribution in [2.75, 3.05) is 0 Å². The van der Waals surface area contributed by atoms with Gasteiger partial charge in [-0.05, 0) is 28.9 Å². The predicted octanol–water partition coefficient (Wildman–Crippen LogP) is 2.50. The molecule has 1 fully saturated rings. The Kier molecular flexibility index (Phi) is 2.82. The van der Waals surface area contributed by atoms with E-state index >= 15 is 0 Å². The zero-order chi connectivity index (χ0) is 13.8. The number of allylic oxidation sites excluding steroid dienone is 1. The molecule has 1 unspecified atom stereocenters. The normalized spacial score (nSPS) is 26.7. The fourth-order valence-electron chi connectivity index (χ4n) is 3.45. The van der Waals surface area contributed by atoms with E-state index in [1.807, 2.05) is 12.3 Å². The van der Waals surface area contributed by atoms with Gasteiger partial charge >= 0.3 is 0 Å². The summed E-state index contributed by atoms with van der Waals surface area (Å²) in [5.74, 6) is 0. The van der Waals surface area contributed by atoms with Gasteiger partial charge in [-0.2, -0.15) is 0 Å². The average Bonchev–Trinajstić information content (AvgIpc) is 2.55. The van der Waals surface area contributed by atoms with Crippen molar-refractivity contribution in [3.8, 4) is 0 Å². The van der Waals surface area contributed by atoms with Crippen molar-refractivity contribution in [2.45, 2.75) is 59.7 Å². The highest BCUT2D eigenvalue weighted by Crippen LogP contribution is 2.52. The number of fused-ring (bicyclic) bond motifs is 1. The molecule has 3 nitrogen and oxygen atoms in total. The van der Waals surface area contributed by atoms with Crippen LogP contribution in [-0.2, 0) is 0 Å². The Bertz CT molecular complexity index is 393. The molecule has 1 atom stereocenters. The van der Waals surface area contributed by atoms with Crippen LogP contribution in [0.1, 0.15) is 48.0 Å². The topological polar surface area (TPSA) is 44.3 Å². The molecule has 2 heterocycles. The molecule has 102 valence electrons.